The van der Waals surface area contributed by atoms with Crippen LogP contribution in [0, 0.1) is 5.82 Å². The first-order valence-electron chi connectivity index (χ1n) is 17.0. The van der Waals surface area contributed by atoms with E-state index < -0.39 is 23.2 Å². The Morgan fingerprint density at radius 2 is 1.75 bits per heavy atom. The number of halogens is 2. The van der Waals surface area contributed by atoms with Crippen molar-refractivity contribution in [3.8, 4) is 11.1 Å². The molecule has 2 fully saturated rings. The molecule has 0 bridgehead atoms. The number of aromatic nitrogens is 1. The molecule has 7 rings (SSSR count). The Kier molecular flexibility index (Phi) is 9.73. The number of amidine groups is 1. The smallest absolute Gasteiger partial charge is 0.338 e. The third-order valence-corrected chi connectivity index (χ3v) is 11.3. The fraction of sp³-hybridized carbons (Fsp3) is 0.308. The van der Waals surface area contributed by atoms with Crippen molar-refractivity contribution in [2.45, 2.75) is 38.3 Å². The number of methoxy groups -OCH3 is 1. The normalized spacial score (nSPS) is 19.3. The van der Waals surface area contributed by atoms with Crippen molar-refractivity contribution in [3.63, 3.8) is 0 Å². The van der Waals surface area contributed by atoms with Crippen molar-refractivity contribution in [2.24, 2.45) is 4.99 Å². The number of urea groups is 1. The standard InChI is InChI=1S/C39H38ClFN6O4S/c1-23(48)39(2,3)26-9-5-24(6-10-26)25-7-12-28(13-8-25)47-21-29-20-45(16-17-46(29)38(47)50)22-32-33(37(49)51-4)34(30-14-11-27(41)19-31(30)40)44-35(43-32)36-42-15-18-52-36/h5-15,18-19,29,34H,16-17,20-22H2,1-4H3,(H,43,44)/t29-,34-/m0/s1. The quantitative estimate of drug-likeness (QED) is 0.193. The monoisotopic (exact) mass is 740 g/mol. The number of hydrogen-bond donors (Lipinski definition) is 1. The Morgan fingerprint density at radius 1 is 1.04 bits per heavy atom. The van der Waals surface area contributed by atoms with Crippen LogP contribution in [0.2, 0.25) is 5.02 Å². The molecule has 10 nitrogen and oxygen atoms in total. The highest BCUT2D eigenvalue weighted by atomic mass is 35.5. The second-order valence-electron chi connectivity index (χ2n) is 13.7. The summed E-state index contributed by atoms with van der Waals surface area (Å²) in [6, 6.07) is 19.1. The molecule has 2 saturated heterocycles. The van der Waals surface area contributed by atoms with E-state index in [-0.39, 0.29) is 28.5 Å². The second-order valence-corrected chi connectivity index (χ2v) is 15.0. The van der Waals surface area contributed by atoms with E-state index in [1.54, 1.807) is 13.1 Å². The van der Waals surface area contributed by atoms with Gasteiger partial charge in [0.2, 0.25) is 0 Å². The molecule has 0 saturated carbocycles. The number of Topliss-reactive ketones (excluding diaryl/α,β-unsaturated/α-hetero) is 1. The van der Waals surface area contributed by atoms with Crippen LogP contribution in [0.4, 0.5) is 14.9 Å². The van der Waals surface area contributed by atoms with Gasteiger partial charge in [0.1, 0.15) is 17.6 Å². The number of benzene rings is 3. The molecule has 4 aromatic rings. The molecule has 0 aliphatic carbocycles. The summed E-state index contributed by atoms with van der Waals surface area (Å²) in [6.07, 6.45) is 1.67. The number of rotatable bonds is 9. The number of aliphatic imine (C=N–C) groups is 1. The zero-order chi connectivity index (χ0) is 36.7. The molecule has 0 spiro atoms. The maximum Gasteiger partial charge on any atom is 0.338 e. The van der Waals surface area contributed by atoms with Gasteiger partial charge < -0.3 is 15.0 Å². The van der Waals surface area contributed by atoms with Gasteiger partial charge in [-0.05, 0) is 61.7 Å². The first kappa shape index (κ1) is 35.5. The average molecular weight is 741 g/mol. The van der Waals surface area contributed by atoms with Gasteiger partial charge in [0.15, 0.2) is 10.8 Å². The van der Waals surface area contributed by atoms with Crippen molar-refractivity contribution in [2.75, 3.05) is 44.7 Å². The van der Waals surface area contributed by atoms with Crippen molar-refractivity contribution in [1.82, 2.24) is 20.1 Å². The van der Waals surface area contributed by atoms with Crippen molar-refractivity contribution < 1.29 is 23.5 Å². The van der Waals surface area contributed by atoms with Crippen LogP contribution in [0.1, 0.15) is 42.9 Å². The summed E-state index contributed by atoms with van der Waals surface area (Å²) in [5.74, 6) is -0.479. The maximum absolute atomic E-state index is 14.1. The number of piperazine rings is 1. The topological polar surface area (TPSA) is 107 Å². The number of ketones is 1. The number of fused-ring (bicyclic) bond motifs is 1. The van der Waals surface area contributed by atoms with Gasteiger partial charge in [0.05, 0.1) is 18.7 Å². The summed E-state index contributed by atoms with van der Waals surface area (Å²) in [5.41, 5.74) is 4.61. The molecule has 0 radical (unpaired) electrons. The Bertz CT molecular complexity index is 2080. The Balaban J connectivity index is 1.09. The van der Waals surface area contributed by atoms with Crippen LogP contribution in [0.25, 0.3) is 11.1 Å². The Morgan fingerprint density at radius 3 is 2.38 bits per heavy atom. The predicted octanol–water partition coefficient (Wildman–Crippen LogP) is 6.61. The number of hydrogen-bond acceptors (Lipinski definition) is 9. The largest absolute Gasteiger partial charge is 0.466 e. The lowest BCUT2D eigenvalue weighted by Crippen LogP contribution is -2.53. The van der Waals surface area contributed by atoms with Gasteiger partial charge in [0, 0.05) is 71.7 Å². The van der Waals surface area contributed by atoms with E-state index in [0.29, 0.717) is 54.8 Å². The van der Waals surface area contributed by atoms with E-state index in [4.69, 9.17) is 21.3 Å². The minimum absolute atomic E-state index is 0.0392. The number of nitrogens with one attached hydrogen (secondary N) is 1. The van der Waals surface area contributed by atoms with Gasteiger partial charge in [-0.2, -0.15) is 0 Å². The van der Waals surface area contributed by atoms with Gasteiger partial charge in [-0.25, -0.2) is 19.0 Å². The minimum Gasteiger partial charge on any atom is -0.466 e. The molecule has 1 N–H and O–H groups in total. The number of amides is 2. The summed E-state index contributed by atoms with van der Waals surface area (Å²) in [4.78, 5) is 54.3. The van der Waals surface area contributed by atoms with Crippen LogP contribution >= 0.6 is 22.9 Å². The molecule has 3 aromatic carbocycles. The molecule has 2 amide bonds. The summed E-state index contributed by atoms with van der Waals surface area (Å²) >= 11 is 7.92. The molecule has 268 valence electrons. The molecule has 2 atom stereocenters. The van der Waals surface area contributed by atoms with Crippen LogP contribution in [0.5, 0.6) is 0 Å². The Hall–Kier alpha value is -4.91. The molecule has 13 heteroatoms. The lowest BCUT2D eigenvalue weighted by Gasteiger charge is -2.38. The molecular formula is C39H38ClFN6O4S. The fourth-order valence-corrected chi connectivity index (χ4v) is 7.80. The molecule has 0 unspecified atom stereocenters. The van der Waals surface area contributed by atoms with E-state index in [1.165, 1.54) is 36.6 Å². The van der Waals surface area contributed by atoms with E-state index >= 15 is 0 Å². The third-order valence-electron chi connectivity index (χ3n) is 10.2. The van der Waals surface area contributed by atoms with E-state index in [2.05, 4.69) is 15.2 Å². The molecular weight excluding hydrogens is 703 g/mol. The van der Waals surface area contributed by atoms with E-state index in [9.17, 15) is 18.8 Å². The van der Waals surface area contributed by atoms with E-state index in [0.717, 1.165) is 22.4 Å². The first-order valence-corrected chi connectivity index (χ1v) is 18.2. The lowest BCUT2D eigenvalue weighted by atomic mass is 9.81. The van der Waals surface area contributed by atoms with Crippen LogP contribution in [-0.2, 0) is 19.7 Å². The predicted molar refractivity (Wildman–Crippen MR) is 200 cm³/mol. The molecule has 52 heavy (non-hydrogen) atoms. The zero-order valence-electron chi connectivity index (χ0n) is 29.2. The molecule has 1 aromatic heterocycles. The lowest BCUT2D eigenvalue weighted by molar-refractivity contribution is -0.136. The first-order chi connectivity index (χ1) is 24.9. The molecule has 3 aliphatic heterocycles. The van der Waals surface area contributed by atoms with Gasteiger partial charge in [-0.15, -0.1) is 11.3 Å². The number of esters is 1. The van der Waals surface area contributed by atoms with Crippen molar-refractivity contribution in [1.29, 1.82) is 0 Å². The van der Waals surface area contributed by atoms with Gasteiger partial charge in [-0.3, -0.25) is 19.6 Å². The number of thiazole rings is 1. The number of nitrogens with zero attached hydrogens (tertiary/aromatic N) is 5. The third kappa shape index (κ3) is 6.73. The fourth-order valence-electron chi connectivity index (χ4n) is 6.94. The van der Waals surface area contributed by atoms with Crippen molar-refractivity contribution >= 4 is 52.2 Å². The van der Waals surface area contributed by atoms with Gasteiger partial charge >= 0.3 is 12.0 Å². The summed E-state index contributed by atoms with van der Waals surface area (Å²) in [6.45, 7) is 8.01. The van der Waals surface area contributed by atoms with E-state index in [1.807, 2.05) is 77.6 Å². The van der Waals surface area contributed by atoms with Crippen LogP contribution in [0.15, 0.2) is 94.6 Å². The Labute approximate surface area is 310 Å². The highest BCUT2D eigenvalue weighted by Crippen LogP contribution is 2.37. The second kappa shape index (κ2) is 14.3. The highest BCUT2D eigenvalue weighted by molar-refractivity contribution is 7.11. The highest BCUT2D eigenvalue weighted by Gasteiger charge is 2.42. The number of anilines is 1. The number of ether oxygens (including phenoxy) is 1. The number of carbonyl (C=O) groups is 3. The SMILES string of the molecule is COC(=O)C1=C(CN2CCN3C(=O)N(c4ccc(-c5ccc(C(C)(C)C(C)=O)cc5)cc4)C[C@@H]3C2)NC(c2nccs2)=N[C@H]1c1ccc(F)cc1Cl. The zero-order valence-corrected chi connectivity index (χ0v) is 30.8. The number of carbonyl (C=O) groups excluding carboxylic acids is 3. The van der Waals surface area contributed by atoms with Gasteiger partial charge in [0.25, 0.3) is 0 Å². The summed E-state index contributed by atoms with van der Waals surface area (Å²) in [5, 5.41) is 5.96. The van der Waals surface area contributed by atoms with Crippen LogP contribution in [-0.4, -0.2) is 84.3 Å². The van der Waals surface area contributed by atoms with Crippen LogP contribution < -0.4 is 10.2 Å². The van der Waals surface area contributed by atoms with Crippen molar-refractivity contribution in [3.05, 3.63) is 117 Å². The molecule has 3 aliphatic rings. The minimum atomic E-state index is -0.853. The maximum atomic E-state index is 14.1. The molecule has 4 heterocycles. The summed E-state index contributed by atoms with van der Waals surface area (Å²) in [7, 11) is 1.31. The van der Waals surface area contributed by atoms with Crippen LogP contribution in [0.3, 0.4) is 0 Å². The summed E-state index contributed by atoms with van der Waals surface area (Å²) < 4.78 is 19.3. The van der Waals surface area contributed by atoms with Gasteiger partial charge in [-0.1, -0.05) is 54.1 Å². The average Bonchev–Trinajstić information content (AvgIpc) is 3.80.